The first-order valence-corrected chi connectivity index (χ1v) is 6.97. The van der Waals surface area contributed by atoms with Crippen molar-refractivity contribution in [2.24, 2.45) is 0 Å². The fourth-order valence-electron chi connectivity index (χ4n) is 2.06. The van der Waals surface area contributed by atoms with Crippen LogP contribution < -0.4 is 5.32 Å². The normalized spacial score (nSPS) is 15.4. The van der Waals surface area contributed by atoms with Crippen molar-refractivity contribution in [3.05, 3.63) is 47.2 Å². The highest BCUT2D eigenvalue weighted by Gasteiger charge is 2.20. The van der Waals surface area contributed by atoms with Crippen LogP contribution in [0.25, 0.3) is 0 Å². The van der Waals surface area contributed by atoms with Crippen LogP contribution >= 0.6 is 0 Å². The fraction of sp³-hybridized carbons (Fsp3) is 0.375. The van der Waals surface area contributed by atoms with Gasteiger partial charge in [-0.3, -0.25) is 4.79 Å². The summed E-state index contributed by atoms with van der Waals surface area (Å²) in [6, 6.07) is 10.1. The van der Waals surface area contributed by atoms with Crippen molar-refractivity contribution in [2.75, 3.05) is 26.3 Å². The molecule has 110 valence electrons. The molecule has 1 aromatic carbocycles. The summed E-state index contributed by atoms with van der Waals surface area (Å²) in [6.07, 6.45) is 1.50. The van der Waals surface area contributed by atoms with Gasteiger partial charge in [0, 0.05) is 25.8 Å². The number of rotatable bonds is 4. The van der Waals surface area contributed by atoms with Gasteiger partial charge in [0.1, 0.15) is 11.6 Å². The summed E-state index contributed by atoms with van der Waals surface area (Å²) in [5, 5.41) is 12.2. The molecule has 0 aromatic heterocycles. The van der Waals surface area contributed by atoms with Gasteiger partial charge in [-0.05, 0) is 12.5 Å². The molecule has 5 heteroatoms. The van der Waals surface area contributed by atoms with Crippen molar-refractivity contribution in [3.8, 4) is 6.07 Å². The first-order chi connectivity index (χ1) is 10.2. The Morgan fingerprint density at radius 1 is 1.38 bits per heavy atom. The molecule has 21 heavy (non-hydrogen) atoms. The van der Waals surface area contributed by atoms with Crippen molar-refractivity contribution in [3.63, 3.8) is 0 Å². The van der Waals surface area contributed by atoms with Crippen LogP contribution in [0.1, 0.15) is 11.1 Å². The largest absolute Gasteiger partial charge is 0.386 e. The highest BCUT2D eigenvalue weighted by Crippen LogP contribution is 2.05. The van der Waals surface area contributed by atoms with Crippen LogP contribution in [-0.2, 0) is 16.1 Å². The van der Waals surface area contributed by atoms with Gasteiger partial charge in [-0.2, -0.15) is 5.26 Å². The number of carbonyl (C=O) groups is 1. The van der Waals surface area contributed by atoms with Crippen LogP contribution in [0.5, 0.6) is 0 Å². The number of aryl methyl sites for hydroxylation is 1. The summed E-state index contributed by atoms with van der Waals surface area (Å²) in [6.45, 7) is 4.75. The van der Waals surface area contributed by atoms with Crippen molar-refractivity contribution >= 4 is 5.91 Å². The molecule has 1 aliphatic rings. The van der Waals surface area contributed by atoms with E-state index in [0.29, 0.717) is 32.8 Å². The molecule has 1 fully saturated rings. The van der Waals surface area contributed by atoms with Crippen molar-refractivity contribution in [1.82, 2.24) is 10.2 Å². The smallest absolute Gasteiger partial charge is 0.266 e. The number of nitrogens with zero attached hydrogens (tertiary/aromatic N) is 2. The zero-order valence-corrected chi connectivity index (χ0v) is 12.1. The summed E-state index contributed by atoms with van der Waals surface area (Å²) in [5.41, 5.74) is 2.44. The van der Waals surface area contributed by atoms with E-state index in [4.69, 9.17) is 10.00 Å². The SMILES string of the molecule is Cc1ccc(CN/C=C(/C#N)C(=O)N2CCOCC2)cc1. The van der Waals surface area contributed by atoms with Gasteiger partial charge < -0.3 is 15.0 Å². The molecule has 1 amide bonds. The number of nitrogens with one attached hydrogen (secondary N) is 1. The predicted molar refractivity (Wildman–Crippen MR) is 79.1 cm³/mol. The van der Waals surface area contributed by atoms with E-state index in [1.54, 1.807) is 4.90 Å². The Kier molecular flexibility index (Phi) is 5.35. The van der Waals surface area contributed by atoms with Gasteiger partial charge in [0.05, 0.1) is 13.2 Å². The number of amides is 1. The second-order valence-electron chi connectivity index (χ2n) is 4.94. The highest BCUT2D eigenvalue weighted by atomic mass is 16.5. The summed E-state index contributed by atoms with van der Waals surface area (Å²) in [7, 11) is 0. The van der Waals surface area contributed by atoms with E-state index in [0.717, 1.165) is 5.56 Å². The Bertz CT molecular complexity index is 552. The number of benzene rings is 1. The molecular formula is C16H19N3O2. The van der Waals surface area contributed by atoms with Gasteiger partial charge in [0.25, 0.3) is 5.91 Å². The number of ether oxygens (including phenoxy) is 1. The minimum absolute atomic E-state index is 0.129. The third-order valence-corrected chi connectivity index (χ3v) is 3.32. The lowest BCUT2D eigenvalue weighted by atomic mass is 10.1. The number of hydrogen-bond acceptors (Lipinski definition) is 4. The van der Waals surface area contributed by atoms with Gasteiger partial charge in [0.15, 0.2) is 0 Å². The van der Waals surface area contributed by atoms with E-state index in [1.807, 2.05) is 37.3 Å². The minimum atomic E-state index is -0.239. The zero-order chi connectivity index (χ0) is 15.1. The van der Waals surface area contributed by atoms with Crippen LogP contribution in [0.2, 0.25) is 0 Å². The Morgan fingerprint density at radius 2 is 2.05 bits per heavy atom. The predicted octanol–water partition coefficient (Wildman–Crippen LogP) is 1.35. The maximum atomic E-state index is 12.2. The Hall–Kier alpha value is -2.32. The van der Waals surface area contributed by atoms with Gasteiger partial charge in [-0.15, -0.1) is 0 Å². The van der Waals surface area contributed by atoms with Crippen LogP contribution in [0.4, 0.5) is 0 Å². The maximum absolute atomic E-state index is 12.2. The molecule has 0 spiro atoms. The van der Waals surface area contributed by atoms with Crippen LogP contribution in [0.15, 0.2) is 36.0 Å². The quantitative estimate of drug-likeness (QED) is 0.670. The van der Waals surface area contributed by atoms with Crippen LogP contribution in [0.3, 0.4) is 0 Å². The maximum Gasteiger partial charge on any atom is 0.266 e. The monoisotopic (exact) mass is 285 g/mol. The third-order valence-electron chi connectivity index (χ3n) is 3.32. The van der Waals surface area contributed by atoms with E-state index in [9.17, 15) is 4.79 Å². The Morgan fingerprint density at radius 3 is 2.67 bits per heavy atom. The Labute approximate surface area is 124 Å². The lowest BCUT2D eigenvalue weighted by Crippen LogP contribution is -2.41. The van der Waals surface area contributed by atoms with Gasteiger partial charge in [-0.25, -0.2) is 0 Å². The average Bonchev–Trinajstić information content (AvgIpc) is 2.53. The molecule has 0 aliphatic carbocycles. The van der Waals surface area contributed by atoms with Crippen LogP contribution in [-0.4, -0.2) is 37.1 Å². The first kappa shape index (κ1) is 15.1. The molecule has 5 nitrogen and oxygen atoms in total. The topological polar surface area (TPSA) is 65.4 Å². The molecular weight excluding hydrogens is 266 g/mol. The molecule has 0 saturated carbocycles. The summed E-state index contributed by atoms with van der Waals surface area (Å²) in [5.74, 6) is -0.239. The number of hydrogen-bond donors (Lipinski definition) is 1. The van der Waals surface area contributed by atoms with E-state index >= 15 is 0 Å². The molecule has 0 radical (unpaired) electrons. The number of nitriles is 1. The van der Waals surface area contributed by atoms with Gasteiger partial charge in [0.2, 0.25) is 0 Å². The average molecular weight is 285 g/mol. The summed E-state index contributed by atoms with van der Waals surface area (Å²) >= 11 is 0. The minimum Gasteiger partial charge on any atom is -0.386 e. The third kappa shape index (κ3) is 4.33. The standard InChI is InChI=1S/C16H19N3O2/c1-13-2-4-14(5-3-13)11-18-12-15(10-17)16(20)19-6-8-21-9-7-19/h2-5,12,18H,6-9,11H2,1H3/b15-12-. The number of carbonyl (C=O) groups excluding carboxylic acids is 1. The molecule has 1 saturated heterocycles. The second-order valence-corrected chi connectivity index (χ2v) is 4.94. The molecule has 0 unspecified atom stereocenters. The molecule has 2 rings (SSSR count). The van der Waals surface area contributed by atoms with Crippen molar-refractivity contribution < 1.29 is 9.53 Å². The molecule has 0 atom stereocenters. The second kappa shape index (κ2) is 7.46. The summed E-state index contributed by atoms with van der Waals surface area (Å²) < 4.78 is 5.20. The zero-order valence-electron chi connectivity index (χ0n) is 12.1. The van der Waals surface area contributed by atoms with Crippen molar-refractivity contribution in [1.29, 1.82) is 5.26 Å². The highest BCUT2D eigenvalue weighted by molar-refractivity contribution is 5.97. The molecule has 1 heterocycles. The Balaban J connectivity index is 1.92. The van der Waals surface area contributed by atoms with Gasteiger partial charge >= 0.3 is 0 Å². The van der Waals surface area contributed by atoms with Crippen molar-refractivity contribution in [2.45, 2.75) is 13.5 Å². The summed E-state index contributed by atoms with van der Waals surface area (Å²) in [4.78, 5) is 13.8. The van der Waals surface area contributed by atoms with Crippen LogP contribution in [0, 0.1) is 18.3 Å². The van der Waals surface area contributed by atoms with Gasteiger partial charge in [-0.1, -0.05) is 29.8 Å². The van der Waals surface area contributed by atoms with E-state index in [1.165, 1.54) is 11.8 Å². The van der Waals surface area contributed by atoms with E-state index in [-0.39, 0.29) is 11.5 Å². The van der Waals surface area contributed by atoms with E-state index < -0.39 is 0 Å². The molecule has 1 N–H and O–H groups in total. The molecule has 1 aliphatic heterocycles. The fourth-order valence-corrected chi connectivity index (χ4v) is 2.06. The lowest BCUT2D eigenvalue weighted by molar-refractivity contribution is -0.130. The van der Waals surface area contributed by atoms with E-state index in [2.05, 4.69) is 5.32 Å². The molecule has 1 aromatic rings. The lowest BCUT2D eigenvalue weighted by Gasteiger charge is -2.26. The number of morpholine rings is 1. The molecule has 0 bridgehead atoms. The first-order valence-electron chi connectivity index (χ1n) is 6.97.